The summed E-state index contributed by atoms with van der Waals surface area (Å²) in [6.45, 7) is 13.9. The molecule has 0 aromatic carbocycles. The summed E-state index contributed by atoms with van der Waals surface area (Å²) in [5.41, 5.74) is -0.428. The van der Waals surface area contributed by atoms with E-state index in [1.807, 2.05) is 25.7 Å². The minimum Gasteiger partial charge on any atom is -0.444 e. The van der Waals surface area contributed by atoms with Gasteiger partial charge in [-0.3, -0.25) is 0 Å². The second-order valence-electron chi connectivity index (χ2n) is 7.14. The van der Waals surface area contributed by atoms with Crippen molar-refractivity contribution in [2.45, 2.75) is 59.1 Å². The number of hydrogen-bond donors (Lipinski definition) is 1. The lowest BCUT2D eigenvalue weighted by Gasteiger charge is -2.28. The zero-order valence-electron chi connectivity index (χ0n) is 14.3. The molecular weight excluding hydrogens is 268 g/mol. The predicted octanol–water partition coefficient (Wildman–Crippen LogP) is 2.65. The molecule has 1 amide bonds. The minimum absolute atomic E-state index is 0.192. The van der Waals surface area contributed by atoms with Crippen LogP contribution in [0.1, 0.15) is 47.5 Å². The lowest BCUT2D eigenvalue weighted by atomic mass is 10.2. The SMILES string of the molecule is CC(C)COCCNCC1CCCN1C(=O)OC(C)(C)C. The molecule has 124 valence electrons. The number of likely N-dealkylation sites (tertiary alicyclic amines) is 1. The Morgan fingerprint density at radius 3 is 2.71 bits per heavy atom. The molecule has 1 aliphatic heterocycles. The number of carbonyl (C=O) groups is 1. The van der Waals surface area contributed by atoms with Crippen molar-refractivity contribution < 1.29 is 14.3 Å². The molecular formula is C16H32N2O3. The number of amides is 1. The van der Waals surface area contributed by atoms with Crippen LogP contribution in [0.25, 0.3) is 0 Å². The van der Waals surface area contributed by atoms with Crippen LogP contribution in [-0.4, -0.2) is 55.5 Å². The van der Waals surface area contributed by atoms with Gasteiger partial charge in [-0.15, -0.1) is 0 Å². The largest absolute Gasteiger partial charge is 0.444 e. The Kier molecular flexibility index (Phi) is 7.46. The first kappa shape index (κ1) is 18.2. The summed E-state index contributed by atoms with van der Waals surface area (Å²) >= 11 is 0. The Bertz CT molecular complexity index is 313. The van der Waals surface area contributed by atoms with Crippen LogP contribution in [0.15, 0.2) is 0 Å². The van der Waals surface area contributed by atoms with Gasteiger partial charge in [0.15, 0.2) is 0 Å². The average molecular weight is 300 g/mol. The molecule has 0 aromatic heterocycles. The van der Waals surface area contributed by atoms with Gasteiger partial charge in [0, 0.05) is 32.3 Å². The summed E-state index contributed by atoms with van der Waals surface area (Å²) in [6.07, 6.45) is 1.90. The number of rotatable bonds is 7. The predicted molar refractivity (Wildman–Crippen MR) is 84.5 cm³/mol. The number of carbonyl (C=O) groups excluding carboxylic acids is 1. The molecule has 0 spiro atoms. The zero-order valence-corrected chi connectivity index (χ0v) is 14.3. The monoisotopic (exact) mass is 300 g/mol. The normalized spacial score (nSPS) is 19.3. The second kappa shape index (κ2) is 8.59. The fourth-order valence-corrected chi connectivity index (χ4v) is 2.34. The highest BCUT2D eigenvalue weighted by atomic mass is 16.6. The van der Waals surface area contributed by atoms with Crippen LogP contribution < -0.4 is 5.32 Å². The van der Waals surface area contributed by atoms with Crippen molar-refractivity contribution in [3.63, 3.8) is 0 Å². The summed E-state index contributed by atoms with van der Waals surface area (Å²) in [7, 11) is 0. The Hall–Kier alpha value is -0.810. The molecule has 5 heteroatoms. The van der Waals surface area contributed by atoms with Gasteiger partial charge in [-0.2, -0.15) is 0 Å². The van der Waals surface area contributed by atoms with E-state index in [2.05, 4.69) is 19.2 Å². The Morgan fingerprint density at radius 1 is 1.38 bits per heavy atom. The van der Waals surface area contributed by atoms with Crippen molar-refractivity contribution in [3.05, 3.63) is 0 Å². The lowest BCUT2D eigenvalue weighted by molar-refractivity contribution is 0.0225. The van der Waals surface area contributed by atoms with E-state index in [4.69, 9.17) is 9.47 Å². The smallest absolute Gasteiger partial charge is 0.410 e. The lowest BCUT2D eigenvalue weighted by Crippen LogP contribution is -2.44. The van der Waals surface area contributed by atoms with E-state index in [0.717, 1.165) is 45.7 Å². The molecule has 0 saturated carbocycles. The van der Waals surface area contributed by atoms with Gasteiger partial charge in [0.05, 0.1) is 6.61 Å². The maximum absolute atomic E-state index is 12.1. The molecule has 1 aliphatic rings. The van der Waals surface area contributed by atoms with Crippen molar-refractivity contribution in [1.82, 2.24) is 10.2 Å². The standard InChI is InChI=1S/C16H32N2O3/c1-13(2)12-20-10-8-17-11-14-7-6-9-18(14)15(19)21-16(3,4)5/h13-14,17H,6-12H2,1-5H3. The Morgan fingerprint density at radius 2 is 2.10 bits per heavy atom. The molecule has 0 bridgehead atoms. The number of hydrogen-bond acceptors (Lipinski definition) is 4. The van der Waals surface area contributed by atoms with Crippen LogP contribution >= 0.6 is 0 Å². The van der Waals surface area contributed by atoms with Crippen molar-refractivity contribution in [1.29, 1.82) is 0 Å². The average Bonchev–Trinajstić information content (AvgIpc) is 2.79. The van der Waals surface area contributed by atoms with E-state index in [1.165, 1.54) is 0 Å². The first-order valence-corrected chi connectivity index (χ1v) is 8.07. The summed E-state index contributed by atoms with van der Waals surface area (Å²) in [4.78, 5) is 14.0. The van der Waals surface area contributed by atoms with Crippen LogP contribution in [0.2, 0.25) is 0 Å². The maximum atomic E-state index is 12.1. The highest BCUT2D eigenvalue weighted by Gasteiger charge is 2.31. The highest BCUT2D eigenvalue weighted by Crippen LogP contribution is 2.20. The van der Waals surface area contributed by atoms with Crippen molar-refractivity contribution >= 4 is 6.09 Å². The van der Waals surface area contributed by atoms with E-state index in [1.54, 1.807) is 0 Å². The maximum Gasteiger partial charge on any atom is 0.410 e. The molecule has 1 unspecified atom stereocenters. The molecule has 1 saturated heterocycles. The van der Waals surface area contributed by atoms with E-state index < -0.39 is 5.60 Å². The van der Waals surface area contributed by atoms with E-state index in [9.17, 15) is 4.79 Å². The van der Waals surface area contributed by atoms with Gasteiger partial charge in [0.25, 0.3) is 0 Å². The third-order valence-electron chi connectivity index (χ3n) is 3.26. The van der Waals surface area contributed by atoms with E-state index in [0.29, 0.717) is 5.92 Å². The Balaban J connectivity index is 2.23. The molecule has 1 fully saturated rings. The molecule has 0 aromatic rings. The summed E-state index contributed by atoms with van der Waals surface area (Å²) in [6, 6.07) is 0.241. The van der Waals surface area contributed by atoms with Crippen LogP contribution in [0, 0.1) is 5.92 Å². The molecule has 21 heavy (non-hydrogen) atoms. The van der Waals surface area contributed by atoms with Crippen molar-refractivity contribution in [2.24, 2.45) is 5.92 Å². The first-order valence-electron chi connectivity index (χ1n) is 8.07. The van der Waals surface area contributed by atoms with Gasteiger partial charge in [0.1, 0.15) is 5.60 Å². The molecule has 1 atom stereocenters. The van der Waals surface area contributed by atoms with Crippen LogP contribution in [0.3, 0.4) is 0 Å². The van der Waals surface area contributed by atoms with E-state index >= 15 is 0 Å². The summed E-state index contributed by atoms with van der Waals surface area (Å²) < 4.78 is 11.0. The fraction of sp³-hybridized carbons (Fsp3) is 0.938. The molecule has 0 aliphatic carbocycles. The van der Waals surface area contributed by atoms with Gasteiger partial charge in [0.2, 0.25) is 0 Å². The molecule has 0 radical (unpaired) electrons. The van der Waals surface area contributed by atoms with Gasteiger partial charge >= 0.3 is 6.09 Å². The van der Waals surface area contributed by atoms with Gasteiger partial charge in [-0.05, 0) is 39.5 Å². The number of nitrogens with zero attached hydrogens (tertiary/aromatic N) is 1. The second-order valence-corrected chi connectivity index (χ2v) is 7.14. The van der Waals surface area contributed by atoms with Crippen LogP contribution in [0.5, 0.6) is 0 Å². The highest BCUT2D eigenvalue weighted by molar-refractivity contribution is 5.69. The van der Waals surface area contributed by atoms with Crippen molar-refractivity contribution in [3.8, 4) is 0 Å². The van der Waals surface area contributed by atoms with Crippen molar-refractivity contribution in [2.75, 3.05) is 32.8 Å². The molecule has 1 N–H and O–H groups in total. The zero-order chi connectivity index (χ0) is 15.9. The van der Waals surface area contributed by atoms with Gasteiger partial charge < -0.3 is 19.7 Å². The minimum atomic E-state index is -0.428. The fourth-order valence-electron chi connectivity index (χ4n) is 2.34. The van der Waals surface area contributed by atoms with Gasteiger partial charge in [-0.1, -0.05) is 13.8 Å². The third kappa shape index (κ3) is 7.67. The number of ether oxygens (including phenoxy) is 2. The molecule has 1 rings (SSSR count). The first-order chi connectivity index (χ1) is 9.79. The summed E-state index contributed by atoms with van der Waals surface area (Å²) in [5, 5.41) is 3.37. The van der Waals surface area contributed by atoms with Gasteiger partial charge in [-0.25, -0.2) is 4.79 Å². The van der Waals surface area contributed by atoms with Crippen LogP contribution in [-0.2, 0) is 9.47 Å². The quantitative estimate of drug-likeness (QED) is 0.734. The van der Waals surface area contributed by atoms with E-state index in [-0.39, 0.29) is 12.1 Å². The molecule has 5 nitrogen and oxygen atoms in total. The van der Waals surface area contributed by atoms with Crippen LogP contribution in [0.4, 0.5) is 4.79 Å². The Labute approximate surface area is 129 Å². The third-order valence-corrected chi connectivity index (χ3v) is 3.26. The number of nitrogens with one attached hydrogen (secondary N) is 1. The topological polar surface area (TPSA) is 50.8 Å². The molecule has 1 heterocycles. The summed E-state index contributed by atoms with van der Waals surface area (Å²) in [5.74, 6) is 0.572.